The molecule has 1 aliphatic heterocycles. The Bertz CT molecular complexity index is 930. The monoisotopic (exact) mass is 483 g/mol. The number of fused-ring (bicyclic) bond motifs is 1. The number of piperidine rings is 1. The molecule has 2 aliphatic rings. The van der Waals surface area contributed by atoms with Crippen LogP contribution in [0.3, 0.4) is 0 Å². The molecule has 1 aliphatic carbocycles. The number of rotatable bonds is 11. The second-order valence-electron chi connectivity index (χ2n) is 10.7. The number of aromatic nitrogens is 1. The van der Waals surface area contributed by atoms with Crippen molar-refractivity contribution in [1.82, 2.24) is 14.8 Å². The zero-order valence-corrected chi connectivity index (χ0v) is 21.4. The maximum Gasteiger partial charge on any atom is 0.248 e. The molecule has 194 valence electrons. The number of ether oxygens (including phenoxy) is 1. The van der Waals surface area contributed by atoms with Gasteiger partial charge in [-0.25, -0.2) is 0 Å². The average molecular weight is 484 g/mol. The smallest absolute Gasteiger partial charge is 0.248 e. The van der Waals surface area contributed by atoms with Crippen molar-refractivity contribution in [3.8, 4) is 5.75 Å². The van der Waals surface area contributed by atoms with Crippen molar-refractivity contribution in [2.24, 2.45) is 5.92 Å². The SMILES string of the molecule is O=c1ccc2cc(OCCCCN(CCN3CCC(O)CC3)CC3CCCCCCC3)ccc2[nH]1. The minimum absolute atomic E-state index is 0.0759. The summed E-state index contributed by atoms with van der Waals surface area (Å²) in [7, 11) is 0. The molecule has 6 nitrogen and oxygen atoms in total. The highest BCUT2D eigenvalue weighted by Gasteiger charge is 2.19. The molecule has 0 unspecified atom stereocenters. The quantitative estimate of drug-likeness (QED) is 0.449. The van der Waals surface area contributed by atoms with Gasteiger partial charge in [0.15, 0.2) is 0 Å². The van der Waals surface area contributed by atoms with Gasteiger partial charge in [0.2, 0.25) is 5.56 Å². The van der Waals surface area contributed by atoms with Crippen LogP contribution in [0.25, 0.3) is 10.9 Å². The van der Waals surface area contributed by atoms with Crippen molar-refractivity contribution in [3.05, 3.63) is 40.7 Å². The Morgan fingerprint density at radius 3 is 2.51 bits per heavy atom. The molecular formula is C29H45N3O3. The van der Waals surface area contributed by atoms with Crippen LogP contribution in [0.15, 0.2) is 35.1 Å². The molecule has 2 N–H and O–H groups in total. The first-order valence-electron chi connectivity index (χ1n) is 14.0. The summed E-state index contributed by atoms with van der Waals surface area (Å²) in [6, 6.07) is 9.26. The van der Waals surface area contributed by atoms with E-state index in [-0.39, 0.29) is 11.7 Å². The van der Waals surface area contributed by atoms with Crippen molar-refractivity contribution in [2.75, 3.05) is 45.9 Å². The van der Waals surface area contributed by atoms with Crippen molar-refractivity contribution >= 4 is 10.9 Å². The summed E-state index contributed by atoms with van der Waals surface area (Å²) in [6.45, 7) is 7.41. The number of benzene rings is 1. The number of unbranched alkanes of at least 4 members (excludes halogenated alkanes) is 1. The van der Waals surface area contributed by atoms with Gasteiger partial charge in [-0.2, -0.15) is 0 Å². The van der Waals surface area contributed by atoms with Gasteiger partial charge in [-0.05, 0) is 75.3 Å². The summed E-state index contributed by atoms with van der Waals surface area (Å²) < 4.78 is 6.03. The third kappa shape index (κ3) is 8.93. The zero-order chi connectivity index (χ0) is 24.3. The molecule has 0 atom stereocenters. The molecule has 2 fully saturated rings. The Labute approximate surface area is 210 Å². The van der Waals surface area contributed by atoms with Gasteiger partial charge in [0.05, 0.1) is 12.7 Å². The maximum atomic E-state index is 11.5. The molecule has 1 saturated carbocycles. The van der Waals surface area contributed by atoms with Crippen LogP contribution in [0, 0.1) is 5.92 Å². The van der Waals surface area contributed by atoms with Gasteiger partial charge in [-0.15, -0.1) is 0 Å². The molecule has 1 aromatic heterocycles. The number of pyridine rings is 1. The van der Waals surface area contributed by atoms with Gasteiger partial charge in [-0.1, -0.05) is 32.1 Å². The third-order valence-corrected chi connectivity index (χ3v) is 7.86. The maximum absolute atomic E-state index is 11.5. The number of aromatic amines is 1. The fourth-order valence-electron chi connectivity index (χ4n) is 5.66. The highest BCUT2D eigenvalue weighted by molar-refractivity contribution is 5.79. The number of H-pyrrole nitrogens is 1. The molecule has 0 radical (unpaired) electrons. The van der Waals surface area contributed by atoms with E-state index in [1.807, 2.05) is 24.3 Å². The predicted octanol–water partition coefficient (Wildman–Crippen LogP) is 4.81. The Hall–Kier alpha value is -1.89. The Balaban J connectivity index is 1.22. The topological polar surface area (TPSA) is 68.8 Å². The van der Waals surface area contributed by atoms with E-state index in [0.717, 1.165) is 87.6 Å². The van der Waals surface area contributed by atoms with Crippen molar-refractivity contribution in [3.63, 3.8) is 0 Å². The standard InChI is InChI=1S/C29H45N3O3/c33-26-14-17-31(18-15-26)19-20-32(23-24-8-4-2-1-3-5-9-24)16-6-7-21-35-27-11-12-28-25(22-27)10-13-29(34)30-28/h10-13,22,24,26,33H,1-9,14-21,23H2,(H,30,34). The normalized spacial score (nSPS) is 19.1. The molecule has 4 rings (SSSR count). The van der Waals surface area contributed by atoms with Crippen LogP contribution in [0.2, 0.25) is 0 Å². The first-order valence-corrected chi connectivity index (χ1v) is 14.0. The van der Waals surface area contributed by atoms with Gasteiger partial charge in [0.1, 0.15) is 5.75 Å². The average Bonchev–Trinajstić information content (AvgIpc) is 2.84. The first-order chi connectivity index (χ1) is 17.2. The molecule has 0 bridgehead atoms. The van der Waals surface area contributed by atoms with Gasteiger partial charge >= 0.3 is 0 Å². The van der Waals surface area contributed by atoms with Crippen LogP contribution in [0.1, 0.15) is 70.6 Å². The van der Waals surface area contributed by atoms with Gasteiger partial charge in [-0.3, -0.25) is 4.79 Å². The van der Waals surface area contributed by atoms with Crippen molar-refractivity contribution in [2.45, 2.75) is 76.7 Å². The van der Waals surface area contributed by atoms with E-state index < -0.39 is 0 Å². The van der Waals surface area contributed by atoms with Crippen molar-refractivity contribution in [1.29, 1.82) is 0 Å². The molecule has 2 heterocycles. The second-order valence-corrected chi connectivity index (χ2v) is 10.7. The van der Waals surface area contributed by atoms with Crippen LogP contribution >= 0.6 is 0 Å². The fraction of sp³-hybridized carbons (Fsp3) is 0.690. The summed E-state index contributed by atoms with van der Waals surface area (Å²) in [5.74, 6) is 1.71. The van der Waals surface area contributed by atoms with Crippen molar-refractivity contribution < 1.29 is 9.84 Å². The number of hydrogen-bond acceptors (Lipinski definition) is 5. The zero-order valence-electron chi connectivity index (χ0n) is 21.4. The first kappa shape index (κ1) is 26.2. The molecule has 2 aromatic rings. The Morgan fingerprint density at radius 1 is 0.943 bits per heavy atom. The van der Waals surface area contributed by atoms with E-state index >= 15 is 0 Å². The largest absolute Gasteiger partial charge is 0.494 e. The lowest BCUT2D eigenvalue weighted by atomic mass is 9.90. The van der Waals surface area contributed by atoms with E-state index in [4.69, 9.17) is 4.74 Å². The lowest BCUT2D eigenvalue weighted by Gasteiger charge is -2.33. The van der Waals surface area contributed by atoms with Crippen LogP contribution in [0.4, 0.5) is 0 Å². The lowest BCUT2D eigenvalue weighted by molar-refractivity contribution is 0.0744. The van der Waals surface area contributed by atoms with Gasteiger partial charge in [0, 0.05) is 49.7 Å². The molecule has 35 heavy (non-hydrogen) atoms. The highest BCUT2D eigenvalue weighted by Crippen LogP contribution is 2.24. The van der Waals surface area contributed by atoms with E-state index in [1.54, 1.807) is 6.07 Å². The van der Waals surface area contributed by atoms with E-state index in [2.05, 4.69) is 14.8 Å². The summed E-state index contributed by atoms with van der Waals surface area (Å²) in [5, 5.41) is 10.8. The Kier molecular flexibility index (Phi) is 10.5. The van der Waals surface area contributed by atoms with Gasteiger partial charge in [0.25, 0.3) is 0 Å². The van der Waals surface area contributed by atoms with Crippen LogP contribution in [0.5, 0.6) is 5.75 Å². The fourth-order valence-corrected chi connectivity index (χ4v) is 5.66. The van der Waals surface area contributed by atoms with E-state index in [9.17, 15) is 9.90 Å². The minimum atomic E-state index is -0.0952. The number of nitrogens with one attached hydrogen (secondary N) is 1. The number of likely N-dealkylation sites (tertiary alicyclic amines) is 1. The second kappa shape index (κ2) is 14.0. The number of nitrogens with zero attached hydrogens (tertiary/aromatic N) is 2. The van der Waals surface area contributed by atoms with Crippen LogP contribution in [-0.2, 0) is 0 Å². The molecular weight excluding hydrogens is 438 g/mol. The van der Waals surface area contributed by atoms with Crippen LogP contribution in [-0.4, -0.2) is 71.9 Å². The van der Waals surface area contributed by atoms with E-state index in [1.165, 1.54) is 51.5 Å². The Morgan fingerprint density at radius 2 is 1.71 bits per heavy atom. The summed E-state index contributed by atoms with van der Waals surface area (Å²) in [6.07, 6.45) is 13.8. The summed E-state index contributed by atoms with van der Waals surface area (Å²) in [5.41, 5.74) is 0.769. The molecule has 0 spiro atoms. The summed E-state index contributed by atoms with van der Waals surface area (Å²) >= 11 is 0. The van der Waals surface area contributed by atoms with Gasteiger partial charge < -0.3 is 24.6 Å². The predicted molar refractivity (Wildman–Crippen MR) is 143 cm³/mol. The third-order valence-electron chi connectivity index (χ3n) is 7.86. The molecule has 0 amide bonds. The number of aliphatic hydroxyl groups excluding tert-OH is 1. The highest BCUT2D eigenvalue weighted by atomic mass is 16.5. The molecule has 1 saturated heterocycles. The van der Waals surface area contributed by atoms with Crippen LogP contribution < -0.4 is 10.3 Å². The molecule has 6 heteroatoms. The molecule has 1 aromatic carbocycles. The minimum Gasteiger partial charge on any atom is -0.494 e. The number of aliphatic hydroxyl groups is 1. The van der Waals surface area contributed by atoms with E-state index in [0.29, 0.717) is 0 Å². The summed E-state index contributed by atoms with van der Waals surface area (Å²) in [4.78, 5) is 19.6. The lowest BCUT2D eigenvalue weighted by Crippen LogP contribution is -2.42. The number of hydrogen-bond donors (Lipinski definition) is 2.